The molecule has 1 fully saturated rings. The largest absolute Gasteiger partial charge is 0.344 e. The van der Waals surface area contributed by atoms with E-state index < -0.39 is 0 Å². The number of carbonyl (C=O) groups is 1. The van der Waals surface area contributed by atoms with Gasteiger partial charge in [0.05, 0.1) is 17.2 Å². The molecule has 1 N–H and O–H groups in total. The fourth-order valence-electron chi connectivity index (χ4n) is 2.21. The van der Waals surface area contributed by atoms with Crippen molar-refractivity contribution in [1.29, 1.82) is 0 Å². The van der Waals surface area contributed by atoms with Gasteiger partial charge in [0.1, 0.15) is 10.7 Å². The van der Waals surface area contributed by atoms with E-state index in [0.717, 1.165) is 22.4 Å². The zero-order valence-corrected chi connectivity index (χ0v) is 12.6. The third-order valence-corrected chi connectivity index (χ3v) is 4.53. The molecule has 3 rings (SSSR count). The molecule has 0 atom stereocenters. The Labute approximate surface area is 121 Å². The first-order valence-corrected chi connectivity index (χ1v) is 7.48. The number of hydrogen-bond donors (Lipinski definition) is 1. The summed E-state index contributed by atoms with van der Waals surface area (Å²) in [6, 6.07) is 0. The fourth-order valence-corrected chi connectivity index (χ4v) is 3.04. The summed E-state index contributed by atoms with van der Waals surface area (Å²) in [7, 11) is 1.96. The maximum Gasteiger partial charge on any atom is 0.263 e. The van der Waals surface area contributed by atoms with E-state index in [1.807, 2.05) is 25.5 Å². The number of aryl methyl sites for hydroxylation is 2. The fraction of sp³-hybridized carbons (Fsp3) is 0.538. The lowest BCUT2D eigenvalue weighted by Gasteiger charge is -2.05. The minimum absolute atomic E-state index is 0.0935. The molecular formula is C13H17N5OS. The van der Waals surface area contributed by atoms with Crippen LogP contribution in [0.4, 0.5) is 0 Å². The van der Waals surface area contributed by atoms with Crippen LogP contribution in [0, 0.1) is 13.8 Å². The molecule has 1 aliphatic rings. The highest BCUT2D eigenvalue weighted by atomic mass is 32.1. The molecule has 7 heteroatoms. The topological polar surface area (TPSA) is 72.7 Å². The van der Waals surface area contributed by atoms with Crippen molar-refractivity contribution in [3.8, 4) is 0 Å². The molecular weight excluding hydrogens is 274 g/mol. The second-order valence-corrected chi connectivity index (χ2v) is 6.34. The van der Waals surface area contributed by atoms with Gasteiger partial charge >= 0.3 is 0 Å². The lowest BCUT2D eigenvalue weighted by atomic mass is 10.3. The van der Waals surface area contributed by atoms with Gasteiger partial charge in [-0.25, -0.2) is 4.98 Å². The average Bonchev–Trinajstić information content (AvgIpc) is 3.10. The monoisotopic (exact) mass is 291 g/mol. The van der Waals surface area contributed by atoms with Crippen LogP contribution < -0.4 is 5.32 Å². The lowest BCUT2D eigenvalue weighted by Crippen LogP contribution is -2.24. The molecule has 0 spiro atoms. The van der Waals surface area contributed by atoms with Crippen LogP contribution in [-0.2, 0) is 13.6 Å². The second kappa shape index (κ2) is 4.97. The van der Waals surface area contributed by atoms with Gasteiger partial charge in [0, 0.05) is 13.0 Å². The Morgan fingerprint density at radius 3 is 2.75 bits per heavy atom. The predicted molar refractivity (Wildman–Crippen MR) is 75.7 cm³/mol. The van der Waals surface area contributed by atoms with Crippen LogP contribution in [0.3, 0.4) is 0 Å². The molecule has 0 bridgehead atoms. The molecule has 1 amide bonds. The normalized spacial score (nSPS) is 14.6. The Balaban J connectivity index is 1.67. The van der Waals surface area contributed by atoms with Crippen LogP contribution in [0.15, 0.2) is 0 Å². The third kappa shape index (κ3) is 2.45. The smallest absolute Gasteiger partial charge is 0.263 e. The van der Waals surface area contributed by atoms with Crippen LogP contribution in [0.25, 0.3) is 0 Å². The Hall–Kier alpha value is -1.76. The maximum atomic E-state index is 12.1. The summed E-state index contributed by atoms with van der Waals surface area (Å²) in [5.74, 6) is 2.28. The quantitative estimate of drug-likeness (QED) is 0.930. The van der Waals surface area contributed by atoms with E-state index in [0.29, 0.717) is 17.3 Å². The Morgan fingerprint density at radius 1 is 1.40 bits per heavy atom. The molecule has 0 radical (unpaired) electrons. The molecule has 2 aromatic rings. The summed E-state index contributed by atoms with van der Waals surface area (Å²) in [6.45, 7) is 4.15. The Kier molecular flexibility index (Phi) is 3.29. The number of rotatable bonds is 4. The zero-order valence-electron chi connectivity index (χ0n) is 11.8. The molecule has 2 heterocycles. The molecule has 6 nitrogen and oxygen atoms in total. The zero-order chi connectivity index (χ0) is 14.3. The van der Waals surface area contributed by atoms with Crippen molar-refractivity contribution < 1.29 is 4.79 Å². The van der Waals surface area contributed by atoms with Gasteiger partial charge in [-0.2, -0.15) is 0 Å². The van der Waals surface area contributed by atoms with Gasteiger partial charge in [0.25, 0.3) is 5.91 Å². The van der Waals surface area contributed by atoms with Gasteiger partial charge in [-0.15, -0.1) is 21.5 Å². The standard InChI is InChI=1S/C13H17N5OS/c1-7-11(20-8(2)15-7)13(19)14-6-10-16-17-12(18(10)3)9-4-5-9/h9H,4-6H2,1-3H3,(H,14,19). The Bertz CT molecular complexity index is 656. The summed E-state index contributed by atoms with van der Waals surface area (Å²) < 4.78 is 1.99. The van der Waals surface area contributed by atoms with Crippen LogP contribution in [0.5, 0.6) is 0 Å². The molecule has 1 saturated carbocycles. The first-order chi connectivity index (χ1) is 9.56. The molecule has 2 aromatic heterocycles. The van der Waals surface area contributed by atoms with E-state index in [-0.39, 0.29) is 5.91 Å². The molecule has 0 unspecified atom stereocenters. The van der Waals surface area contributed by atoms with E-state index in [9.17, 15) is 4.79 Å². The summed E-state index contributed by atoms with van der Waals surface area (Å²) in [5, 5.41) is 12.2. The van der Waals surface area contributed by atoms with Crippen molar-refractivity contribution in [2.24, 2.45) is 7.05 Å². The summed E-state index contributed by atoms with van der Waals surface area (Å²) >= 11 is 1.42. The van der Waals surface area contributed by atoms with E-state index >= 15 is 0 Å². The minimum atomic E-state index is -0.0935. The van der Waals surface area contributed by atoms with E-state index in [1.165, 1.54) is 24.2 Å². The Morgan fingerprint density at radius 2 is 2.15 bits per heavy atom. The third-order valence-electron chi connectivity index (χ3n) is 3.46. The number of nitrogens with zero attached hydrogens (tertiary/aromatic N) is 4. The van der Waals surface area contributed by atoms with Gasteiger partial charge in [0.15, 0.2) is 5.82 Å². The summed E-state index contributed by atoms with van der Waals surface area (Å²) in [5.41, 5.74) is 0.779. The highest BCUT2D eigenvalue weighted by molar-refractivity contribution is 7.13. The van der Waals surface area contributed by atoms with E-state index in [2.05, 4.69) is 20.5 Å². The predicted octanol–water partition coefficient (Wildman–Crippen LogP) is 1.70. The van der Waals surface area contributed by atoms with Gasteiger partial charge in [0.2, 0.25) is 0 Å². The average molecular weight is 291 g/mol. The SMILES string of the molecule is Cc1nc(C)c(C(=O)NCc2nnc(C3CC3)n2C)s1. The highest BCUT2D eigenvalue weighted by Crippen LogP contribution is 2.38. The number of aromatic nitrogens is 4. The molecule has 20 heavy (non-hydrogen) atoms. The number of carbonyl (C=O) groups excluding carboxylic acids is 1. The molecule has 0 saturated heterocycles. The van der Waals surface area contributed by atoms with Gasteiger partial charge in [-0.1, -0.05) is 0 Å². The molecule has 0 aromatic carbocycles. The second-order valence-electron chi connectivity index (χ2n) is 5.14. The van der Waals surface area contributed by atoms with Crippen molar-refractivity contribution in [2.45, 2.75) is 39.2 Å². The van der Waals surface area contributed by atoms with Crippen molar-refractivity contribution in [3.05, 3.63) is 27.2 Å². The first-order valence-electron chi connectivity index (χ1n) is 6.66. The van der Waals surface area contributed by atoms with Gasteiger partial charge < -0.3 is 9.88 Å². The van der Waals surface area contributed by atoms with Crippen molar-refractivity contribution in [2.75, 3.05) is 0 Å². The van der Waals surface area contributed by atoms with Crippen molar-refractivity contribution in [3.63, 3.8) is 0 Å². The van der Waals surface area contributed by atoms with Gasteiger partial charge in [-0.05, 0) is 26.7 Å². The maximum absolute atomic E-state index is 12.1. The van der Waals surface area contributed by atoms with Crippen LogP contribution in [-0.4, -0.2) is 25.7 Å². The molecule has 106 valence electrons. The van der Waals surface area contributed by atoms with Crippen molar-refractivity contribution >= 4 is 17.2 Å². The number of thiazole rings is 1. The summed E-state index contributed by atoms with van der Waals surface area (Å²) in [4.78, 5) is 17.1. The van der Waals surface area contributed by atoms with Crippen LogP contribution in [0.2, 0.25) is 0 Å². The van der Waals surface area contributed by atoms with Gasteiger partial charge in [-0.3, -0.25) is 4.79 Å². The number of nitrogens with one attached hydrogen (secondary N) is 1. The highest BCUT2D eigenvalue weighted by Gasteiger charge is 2.29. The molecule has 1 aliphatic carbocycles. The summed E-state index contributed by atoms with van der Waals surface area (Å²) in [6.07, 6.45) is 2.38. The minimum Gasteiger partial charge on any atom is -0.344 e. The first kappa shape index (κ1) is 13.2. The number of amides is 1. The van der Waals surface area contributed by atoms with Crippen LogP contribution in [0.1, 0.15) is 50.8 Å². The molecule has 0 aliphatic heterocycles. The van der Waals surface area contributed by atoms with E-state index in [4.69, 9.17) is 0 Å². The lowest BCUT2D eigenvalue weighted by molar-refractivity contribution is 0.0953. The number of hydrogen-bond acceptors (Lipinski definition) is 5. The van der Waals surface area contributed by atoms with Crippen molar-refractivity contribution in [1.82, 2.24) is 25.1 Å². The van der Waals surface area contributed by atoms with Crippen LogP contribution >= 0.6 is 11.3 Å². The van der Waals surface area contributed by atoms with E-state index in [1.54, 1.807) is 0 Å².